The molecule has 2 nitrogen and oxygen atoms in total. The molecule has 0 saturated heterocycles. The first-order valence-electron chi connectivity index (χ1n) is 8.63. The normalized spacial score (nSPS) is 11.2. The van der Waals surface area contributed by atoms with Crippen molar-refractivity contribution in [3.05, 3.63) is 92.5 Å². The van der Waals surface area contributed by atoms with Gasteiger partial charge in [0.05, 0.1) is 0 Å². The van der Waals surface area contributed by atoms with Crippen LogP contribution in [0.2, 0.25) is 5.02 Å². The van der Waals surface area contributed by atoms with Crippen LogP contribution >= 0.6 is 11.6 Å². The molecule has 0 aliphatic rings. The molecule has 3 aromatic rings. The van der Waals surface area contributed by atoms with Gasteiger partial charge in [-0.2, -0.15) is 0 Å². The monoisotopic (exact) mass is 366 g/mol. The maximum atomic E-state index is 10.8. The average molecular weight is 367 g/mol. The maximum Gasteiger partial charge on any atom is 0.122 e. The molecule has 3 rings (SSSR count). The second kappa shape index (κ2) is 7.05. The van der Waals surface area contributed by atoms with E-state index in [1.165, 1.54) is 0 Å². The number of phenolic OH excluding ortho intramolecular Hbond substituents is 2. The van der Waals surface area contributed by atoms with Gasteiger partial charge in [0.1, 0.15) is 11.5 Å². The van der Waals surface area contributed by atoms with Crippen LogP contribution in [0, 0.1) is 27.7 Å². The SMILES string of the molecule is Cc1cc(C)c(O)c(C(c2cccc(Cl)c2)c2cc(C)cc(C)c2O)c1. The van der Waals surface area contributed by atoms with Crippen molar-refractivity contribution in [3.8, 4) is 11.5 Å². The van der Waals surface area contributed by atoms with Crippen molar-refractivity contribution >= 4 is 11.6 Å². The summed E-state index contributed by atoms with van der Waals surface area (Å²) in [5.74, 6) is 0.184. The Morgan fingerprint density at radius 2 is 1.23 bits per heavy atom. The van der Waals surface area contributed by atoms with E-state index in [1.54, 1.807) is 0 Å². The summed E-state index contributed by atoms with van der Waals surface area (Å²) < 4.78 is 0. The number of aryl methyl sites for hydroxylation is 4. The second-order valence-corrected chi connectivity index (χ2v) is 7.46. The van der Waals surface area contributed by atoms with Gasteiger partial charge in [-0.15, -0.1) is 0 Å². The lowest BCUT2D eigenvalue weighted by molar-refractivity contribution is 0.454. The Kier molecular flexibility index (Phi) is 4.97. The molecule has 2 N–H and O–H groups in total. The topological polar surface area (TPSA) is 40.5 Å². The van der Waals surface area contributed by atoms with E-state index in [1.807, 2.05) is 76.2 Å². The van der Waals surface area contributed by atoms with Gasteiger partial charge in [-0.05, 0) is 56.5 Å². The average Bonchev–Trinajstić information content (AvgIpc) is 2.56. The minimum atomic E-state index is -0.314. The van der Waals surface area contributed by atoms with Gasteiger partial charge in [-0.3, -0.25) is 0 Å². The van der Waals surface area contributed by atoms with Crippen LogP contribution in [0.4, 0.5) is 0 Å². The van der Waals surface area contributed by atoms with Gasteiger partial charge in [0.25, 0.3) is 0 Å². The Labute approximate surface area is 159 Å². The summed E-state index contributed by atoms with van der Waals surface area (Å²) in [4.78, 5) is 0. The van der Waals surface area contributed by atoms with Crippen LogP contribution in [0.25, 0.3) is 0 Å². The molecule has 0 saturated carbocycles. The number of aromatic hydroxyl groups is 2. The van der Waals surface area contributed by atoms with E-state index in [2.05, 4.69) is 0 Å². The Morgan fingerprint density at radius 3 is 1.69 bits per heavy atom. The molecule has 3 aromatic carbocycles. The standard InChI is InChI=1S/C23H23ClO2/c1-13-8-15(3)22(25)19(10-13)21(17-6-5-7-18(24)12-17)20-11-14(2)9-16(4)23(20)26/h5-12,21,25-26H,1-4H3. The smallest absolute Gasteiger partial charge is 0.122 e. The molecule has 0 bridgehead atoms. The highest BCUT2D eigenvalue weighted by Gasteiger charge is 2.25. The fourth-order valence-corrected chi connectivity index (χ4v) is 3.84. The molecular formula is C23H23ClO2. The molecule has 0 aliphatic heterocycles. The van der Waals surface area contributed by atoms with E-state index in [-0.39, 0.29) is 17.4 Å². The fourth-order valence-electron chi connectivity index (χ4n) is 3.64. The number of rotatable bonds is 3. The third-order valence-corrected chi connectivity index (χ3v) is 4.99. The second-order valence-electron chi connectivity index (χ2n) is 7.03. The number of phenols is 2. The number of halogens is 1. The summed E-state index contributed by atoms with van der Waals surface area (Å²) in [7, 11) is 0. The molecular weight excluding hydrogens is 344 g/mol. The van der Waals surface area contributed by atoms with Crippen LogP contribution in [-0.2, 0) is 0 Å². The van der Waals surface area contributed by atoms with Gasteiger partial charge >= 0.3 is 0 Å². The Morgan fingerprint density at radius 1 is 0.731 bits per heavy atom. The van der Waals surface area contributed by atoms with E-state index < -0.39 is 0 Å². The largest absolute Gasteiger partial charge is 0.507 e. The van der Waals surface area contributed by atoms with Crippen LogP contribution < -0.4 is 0 Å². The summed E-state index contributed by atoms with van der Waals surface area (Å²) in [6, 6.07) is 15.4. The van der Waals surface area contributed by atoms with Gasteiger partial charge in [-0.1, -0.05) is 59.1 Å². The third-order valence-electron chi connectivity index (χ3n) is 4.75. The van der Waals surface area contributed by atoms with Crippen molar-refractivity contribution in [3.63, 3.8) is 0 Å². The lowest BCUT2D eigenvalue weighted by Gasteiger charge is -2.23. The Hall–Kier alpha value is -2.45. The van der Waals surface area contributed by atoms with Crippen LogP contribution in [-0.4, -0.2) is 10.2 Å². The zero-order chi connectivity index (χ0) is 19.0. The first-order chi connectivity index (χ1) is 12.3. The predicted octanol–water partition coefficient (Wildman–Crippen LogP) is 6.17. The summed E-state index contributed by atoms with van der Waals surface area (Å²) in [5, 5.41) is 22.2. The predicted molar refractivity (Wildman–Crippen MR) is 108 cm³/mol. The summed E-state index contributed by atoms with van der Waals surface area (Å²) in [6.07, 6.45) is 0. The molecule has 134 valence electrons. The Balaban J connectivity index is 2.36. The van der Waals surface area contributed by atoms with Crippen LogP contribution in [0.3, 0.4) is 0 Å². The van der Waals surface area contributed by atoms with E-state index in [0.29, 0.717) is 5.02 Å². The highest BCUT2D eigenvalue weighted by molar-refractivity contribution is 6.30. The van der Waals surface area contributed by atoms with Crippen molar-refractivity contribution in [2.24, 2.45) is 0 Å². The molecule has 0 aliphatic carbocycles. The summed E-state index contributed by atoms with van der Waals surface area (Å²) in [5.41, 5.74) is 6.22. The molecule has 26 heavy (non-hydrogen) atoms. The molecule has 0 unspecified atom stereocenters. The first kappa shape index (κ1) is 18.3. The zero-order valence-electron chi connectivity index (χ0n) is 15.5. The van der Waals surface area contributed by atoms with Crippen molar-refractivity contribution in [2.45, 2.75) is 33.6 Å². The lowest BCUT2D eigenvalue weighted by atomic mass is 9.81. The molecule has 0 amide bonds. The van der Waals surface area contributed by atoms with E-state index in [4.69, 9.17) is 11.6 Å². The molecule has 0 aromatic heterocycles. The molecule has 3 heteroatoms. The summed E-state index contributed by atoms with van der Waals surface area (Å²) in [6.45, 7) is 7.79. The highest BCUT2D eigenvalue weighted by atomic mass is 35.5. The van der Waals surface area contributed by atoms with Gasteiger partial charge in [-0.25, -0.2) is 0 Å². The molecule has 0 heterocycles. The zero-order valence-corrected chi connectivity index (χ0v) is 16.2. The lowest BCUT2D eigenvalue weighted by Crippen LogP contribution is -2.06. The van der Waals surface area contributed by atoms with Crippen molar-refractivity contribution < 1.29 is 10.2 Å². The first-order valence-corrected chi connectivity index (χ1v) is 9.01. The van der Waals surface area contributed by atoms with Gasteiger partial charge in [0.15, 0.2) is 0 Å². The van der Waals surface area contributed by atoms with Crippen molar-refractivity contribution in [2.75, 3.05) is 0 Å². The maximum absolute atomic E-state index is 10.8. The number of hydrogen-bond donors (Lipinski definition) is 2. The number of hydrogen-bond acceptors (Lipinski definition) is 2. The van der Waals surface area contributed by atoms with Crippen LogP contribution in [0.1, 0.15) is 44.9 Å². The van der Waals surface area contributed by atoms with Gasteiger partial charge in [0, 0.05) is 22.1 Å². The van der Waals surface area contributed by atoms with Crippen LogP contribution in [0.5, 0.6) is 11.5 Å². The van der Waals surface area contributed by atoms with Gasteiger partial charge in [0.2, 0.25) is 0 Å². The van der Waals surface area contributed by atoms with Crippen molar-refractivity contribution in [1.29, 1.82) is 0 Å². The molecule has 0 fully saturated rings. The third kappa shape index (κ3) is 3.42. The minimum Gasteiger partial charge on any atom is -0.507 e. The van der Waals surface area contributed by atoms with E-state index in [0.717, 1.165) is 38.9 Å². The highest BCUT2D eigenvalue weighted by Crippen LogP contribution is 2.43. The quantitative estimate of drug-likeness (QED) is 0.544. The molecule has 0 radical (unpaired) electrons. The summed E-state index contributed by atoms with van der Waals surface area (Å²) >= 11 is 6.24. The molecule has 0 spiro atoms. The van der Waals surface area contributed by atoms with E-state index >= 15 is 0 Å². The Bertz CT molecular complexity index is 919. The minimum absolute atomic E-state index is 0.249. The van der Waals surface area contributed by atoms with E-state index in [9.17, 15) is 10.2 Å². The van der Waals surface area contributed by atoms with Crippen molar-refractivity contribution in [1.82, 2.24) is 0 Å². The number of benzene rings is 3. The van der Waals surface area contributed by atoms with Crippen LogP contribution in [0.15, 0.2) is 48.5 Å². The fraction of sp³-hybridized carbons (Fsp3) is 0.217. The molecule has 0 atom stereocenters. The van der Waals surface area contributed by atoms with Gasteiger partial charge < -0.3 is 10.2 Å².